The first-order chi connectivity index (χ1) is 9.55. The highest BCUT2D eigenvalue weighted by Gasteiger charge is 2.36. The Morgan fingerprint density at radius 2 is 2.20 bits per heavy atom. The number of benzene rings is 1. The molecule has 1 aliphatic rings. The van der Waals surface area contributed by atoms with Gasteiger partial charge in [0.1, 0.15) is 5.82 Å². The molecule has 0 saturated carbocycles. The minimum atomic E-state index is -0.487. The molecule has 0 atom stereocenters. The minimum absolute atomic E-state index is 0.0975. The summed E-state index contributed by atoms with van der Waals surface area (Å²) in [5, 5.41) is 3.02. The fourth-order valence-electron chi connectivity index (χ4n) is 2.83. The van der Waals surface area contributed by atoms with E-state index >= 15 is 0 Å². The van der Waals surface area contributed by atoms with Crippen LogP contribution in [-0.2, 0) is 10.3 Å². The maximum absolute atomic E-state index is 13.5. The maximum atomic E-state index is 13.5. The molecule has 0 aromatic heterocycles. The Hall–Kier alpha value is -1.86. The van der Waals surface area contributed by atoms with E-state index in [4.69, 9.17) is 6.42 Å². The number of likely N-dealkylation sites (tertiary alicyclic amines) is 1. The predicted molar refractivity (Wildman–Crippen MR) is 76.4 cm³/mol. The summed E-state index contributed by atoms with van der Waals surface area (Å²) < 4.78 is 13.5. The number of terminal acetylenes is 1. The fraction of sp³-hybridized carbons (Fsp3) is 0.438. The van der Waals surface area contributed by atoms with Gasteiger partial charge in [-0.05, 0) is 30.5 Å². The number of piperidine rings is 1. The quantitative estimate of drug-likeness (QED) is 0.854. The van der Waals surface area contributed by atoms with Gasteiger partial charge in [-0.25, -0.2) is 4.39 Å². The van der Waals surface area contributed by atoms with Crippen molar-refractivity contribution in [2.45, 2.75) is 25.3 Å². The number of carbonyl (C=O) groups is 1. The van der Waals surface area contributed by atoms with Gasteiger partial charge in [0, 0.05) is 20.0 Å². The molecule has 1 aromatic carbocycles. The van der Waals surface area contributed by atoms with Crippen molar-refractivity contribution in [1.29, 1.82) is 0 Å². The molecule has 4 heteroatoms. The molecule has 1 aliphatic heterocycles. The number of halogens is 1. The largest absolute Gasteiger partial charge is 0.347 e. The summed E-state index contributed by atoms with van der Waals surface area (Å²) in [6, 6.07) is 6.48. The zero-order valence-electron chi connectivity index (χ0n) is 11.7. The lowest BCUT2D eigenvalue weighted by Crippen LogP contribution is -2.52. The summed E-state index contributed by atoms with van der Waals surface area (Å²) in [5.41, 5.74) is 0.340. The van der Waals surface area contributed by atoms with Crippen LogP contribution in [0.25, 0.3) is 0 Å². The number of rotatable bonds is 3. The maximum Gasteiger partial charge on any atom is 0.217 e. The summed E-state index contributed by atoms with van der Waals surface area (Å²) >= 11 is 0. The fourth-order valence-corrected chi connectivity index (χ4v) is 2.83. The number of nitrogens with zero attached hydrogens (tertiary/aromatic N) is 1. The van der Waals surface area contributed by atoms with Gasteiger partial charge in [0.25, 0.3) is 0 Å². The average molecular weight is 274 g/mol. The monoisotopic (exact) mass is 274 g/mol. The normalized spacial score (nSPS) is 18.2. The minimum Gasteiger partial charge on any atom is -0.347 e. The second kappa shape index (κ2) is 6.06. The van der Waals surface area contributed by atoms with Crippen LogP contribution in [0.1, 0.15) is 25.3 Å². The summed E-state index contributed by atoms with van der Waals surface area (Å²) in [6.45, 7) is 3.69. The topological polar surface area (TPSA) is 32.3 Å². The highest BCUT2D eigenvalue weighted by molar-refractivity contribution is 5.74. The van der Waals surface area contributed by atoms with Crippen LogP contribution in [0.15, 0.2) is 24.3 Å². The van der Waals surface area contributed by atoms with E-state index in [1.807, 2.05) is 6.07 Å². The molecule has 1 aromatic rings. The van der Waals surface area contributed by atoms with Crippen LogP contribution < -0.4 is 5.32 Å². The van der Waals surface area contributed by atoms with Crippen LogP contribution in [0.2, 0.25) is 0 Å². The molecule has 1 saturated heterocycles. The first-order valence-electron chi connectivity index (χ1n) is 6.76. The van der Waals surface area contributed by atoms with Crippen molar-refractivity contribution >= 4 is 5.91 Å². The van der Waals surface area contributed by atoms with E-state index in [0.29, 0.717) is 6.54 Å². The Balaban J connectivity index is 2.24. The van der Waals surface area contributed by atoms with Crippen molar-refractivity contribution in [2.75, 3.05) is 19.6 Å². The number of amides is 1. The lowest BCUT2D eigenvalue weighted by Gasteiger charge is -2.42. The van der Waals surface area contributed by atoms with Crippen molar-refractivity contribution in [3.63, 3.8) is 0 Å². The van der Waals surface area contributed by atoms with Crippen LogP contribution in [0.4, 0.5) is 4.39 Å². The standard InChI is InChI=1S/C16H19FN2O/c1-3-9-19-10-7-16(8-11-19,18-13(2)20)14-5-4-6-15(17)12-14/h1,4-6,12H,7-11H2,2H3,(H,18,20). The molecule has 3 nitrogen and oxygen atoms in total. The number of nitrogens with one attached hydrogen (secondary N) is 1. The van der Waals surface area contributed by atoms with Gasteiger partial charge in [0.05, 0.1) is 12.1 Å². The van der Waals surface area contributed by atoms with Gasteiger partial charge >= 0.3 is 0 Å². The summed E-state index contributed by atoms with van der Waals surface area (Å²) in [4.78, 5) is 13.7. The Morgan fingerprint density at radius 3 is 2.75 bits per heavy atom. The third-order valence-corrected chi connectivity index (χ3v) is 3.82. The summed E-state index contributed by atoms with van der Waals surface area (Å²) in [7, 11) is 0. The number of hydrogen-bond acceptors (Lipinski definition) is 2. The molecule has 0 radical (unpaired) electrons. The van der Waals surface area contributed by atoms with Crippen molar-refractivity contribution in [2.24, 2.45) is 0 Å². The Morgan fingerprint density at radius 1 is 1.50 bits per heavy atom. The molecule has 0 aliphatic carbocycles. The van der Waals surface area contributed by atoms with Crippen molar-refractivity contribution in [3.05, 3.63) is 35.6 Å². The molecule has 106 valence electrons. The molecule has 1 heterocycles. The summed E-state index contributed by atoms with van der Waals surface area (Å²) in [5.74, 6) is 2.26. The smallest absolute Gasteiger partial charge is 0.217 e. The lowest BCUT2D eigenvalue weighted by atomic mass is 9.80. The van der Waals surface area contributed by atoms with E-state index in [9.17, 15) is 9.18 Å². The highest BCUT2D eigenvalue weighted by atomic mass is 19.1. The van der Waals surface area contributed by atoms with Crippen molar-refractivity contribution < 1.29 is 9.18 Å². The molecule has 0 bridgehead atoms. The van der Waals surface area contributed by atoms with Crippen LogP contribution in [0.5, 0.6) is 0 Å². The van der Waals surface area contributed by atoms with Crippen LogP contribution in [0.3, 0.4) is 0 Å². The van der Waals surface area contributed by atoms with E-state index in [1.54, 1.807) is 6.07 Å². The zero-order chi connectivity index (χ0) is 14.6. The van der Waals surface area contributed by atoms with Crippen LogP contribution in [0, 0.1) is 18.2 Å². The third-order valence-electron chi connectivity index (χ3n) is 3.82. The van der Waals surface area contributed by atoms with Gasteiger partial charge in [-0.1, -0.05) is 18.1 Å². The van der Waals surface area contributed by atoms with Gasteiger partial charge in [0.15, 0.2) is 0 Å². The number of hydrogen-bond donors (Lipinski definition) is 1. The van der Waals surface area contributed by atoms with E-state index < -0.39 is 5.54 Å². The molecule has 20 heavy (non-hydrogen) atoms. The SMILES string of the molecule is C#CCN1CCC(NC(C)=O)(c2cccc(F)c2)CC1. The van der Waals surface area contributed by atoms with Gasteiger partial charge in [0.2, 0.25) is 5.91 Å². The number of carbonyl (C=O) groups excluding carboxylic acids is 1. The molecular formula is C16H19FN2O. The first-order valence-corrected chi connectivity index (χ1v) is 6.76. The molecule has 1 N–H and O–H groups in total. The Labute approximate surface area is 119 Å². The third kappa shape index (κ3) is 3.17. The van der Waals surface area contributed by atoms with Gasteiger partial charge in [-0.2, -0.15) is 0 Å². The first kappa shape index (κ1) is 14.5. The summed E-state index contributed by atoms with van der Waals surface area (Å²) in [6.07, 6.45) is 6.80. The van der Waals surface area contributed by atoms with Crippen LogP contribution in [-0.4, -0.2) is 30.4 Å². The van der Waals surface area contributed by atoms with E-state index in [-0.39, 0.29) is 11.7 Å². The van der Waals surface area contributed by atoms with Crippen molar-refractivity contribution in [3.8, 4) is 12.3 Å². The molecular weight excluding hydrogens is 255 g/mol. The van der Waals surface area contributed by atoms with E-state index in [0.717, 1.165) is 31.5 Å². The molecule has 0 unspecified atom stereocenters. The Bertz CT molecular complexity index is 528. The highest BCUT2D eigenvalue weighted by Crippen LogP contribution is 2.33. The van der Waals surface area contributed by atoms with E-state index in [2.05, 4.69) is 16.1 Å². The molecule has 1 amide bonds. The zero-order valence-corrected chi connectivity index (χ0v) is 11.7. The molecule has 2 rings (SSSR count). The molecule has 1 fully saturated rings. The second-order valence-corrected chi connectivity index (χ2v) is 5.25. The Kier molecular flexibility index (Phi) is 4.41. The lowest BCUT2D eigenvalue weighted by molar-refractivity contribution is -0.121. The van der Waals surface area contributed by atoms with Gasteiger partial charge in [-0.3, -0.25) is 9.69 Å². The van der Waals surface area contributed by atoms with Gasteiger partial charge in [-0.15, -0.1) is 6.42 Å². The predicted octanol–water partition coefficient (Wildman–Crippen LogP) is 1.89. The second-order valence-electron chi connectivity index (χ2n) is 5.25. The van der Waals surface area contributed by atoms with E-state index in [1.165, 1.54) is 19.1 Å². The van der Waals surface area contributed by atoms with Crippen LogP contribution >= 0.6 is 0 Å². The van der Waals surface area contributed by atoms with Gasteiger partial charge < -0.3 is 5.32 Å². The average Bonchev–Trinajstić information content (AvgIpc) is 2.41. The van der Waals surface area contributed by atoms with Crippen molar-refractivity contribution in [1.82, 2.24) is 10.2 Å². The molecule has 0 spiro atoms.